The van der Waals surface area contributed by atoms with E-state index in [1.54, 1.807) is 12.4 Å². The number of primary amides is 1. The van der Waals surface area contributed by atoms with Crippen LogP contribution < -0.4 is 21.7 Å². The lowest BCUT2D eigenvalue weighted by Gasteiger charge is -2.39. The summed E-state index contributed by atoms with van der Waals surface area (Å²) < 4.78 is 0. The molecule has 1 fully saturated rings. The smallest absolute Gasteiger partial charge is 0.237 e. The predicted octanol–water partition coefficient (Wildman–Crippen LogP) is 2.22. The summed E-state index contributed by atoms with van der Waals surface area (Å²) in [6.45, 7) is 1.14. The summed E-state index contributed by atoms with van der Waals surface area (Å²) >= 11 is 6.49. The number of benzene rings is 1. The van der Waals surface area contributed by atoms with Crippen LogP contribution in [0.15, 0.2) is 30.6 Å². The van der Waals surface area contributed by atoms with E-state index in [-0.39, 0.29) is 0 Å². The molecule has 7 nitrogen and oxygen atoms in total. The number of nitrogens with zero attached hydrogens (tertiary/aromatic N) is 2. The summed E-state index contributed by atoms with van der Waals surface area (Å²) in [5.74, 6) is -0.471. The van der Waals surface area contributed by atoms with Crippen molar-refractivity contribution < 1.29 is 4.79 Å². The van der Waals surface area contributed by atoms with E-state index in [4.69, 9.17) is 28.5 Å². The molecule has 27 heavy (non-hydrogen) atoms. The fourth-order valence-electron chi connectivity index (χ4n) is 3.41. The summed E-state index contributed by atoms with van der Waals surface area (Å²) in [6, 6.07) is 5.82. The molecule has 0 radical (unpaired) electrons. The van der Waals surface area contributed by atoms with Crippen molar-refractivity contribution in [3.63, 3.8) is 0 Å². The second-order valence-electron chi connectivity index (χ2n) is 6.72. The molecule has 0 spiro atoms. The molecule has 1 aromatic heterocycles. The highest BCUT2D eigenvalue weighted by Crippen LogP contribution is 2.39. The van der Waals surface area contributed by atoms with Crippen LogP contribution in [0.2, 0.25) is 5.02 Å². The van der Waals surface area contributed by atoms with Crippen LogP contribution in [0.1, 0.15) is 18.4 Å². The zero-order valence-electron chi connectivity index (χ0n) is 15.1. The number of aromatic nitrogens is 1. The van der Waals surface area contributed by atoms with Crippen LogP contribution in [0.25, 0.3) is 11.1 Å². The first-order chi connectivity index (χ1) is 12.9. The van der Waals surface area contributed by atoms with Crippen LogP contribution in [0.5, 0.6) is 0 Å². The molecule has 3 rings (SSSR count). The molecule has 0 aliphatic carbocycles. The molecule has 1 amide bonds. The summed E-state index contributed by atoms with van der Waals surface area (Å²) in [5, 5.41) is 11.3. The second-order valence-corrected chi connectivity index (χ2v) is 7.13. The van der Waals surface area contributed by atoms with Crippen molar-refractivity contribution in [2.45, 2.75) is 18.4 Å². The number of hydrogen-bond acceptors (Lipinski definition) is 6. The lowest BCUT2D eigenvalue weighted by Crippen LogP contribution is -2.58. The highest BCUT2D eigenvalue weighted by molar-refractivity contribution is 6.33. The maximum atomic E-state index is 11.6. The summed E-state index contributed by atoms with van der Waals surface area (Å²) in [4.78, 5) is 18.0. The zero-order valence-corrected chi connectivity index (χ0v) is 15.9. The van der Waals surface area contributed by atoms with Crippen molar-refractivity contribution in [1.82, 2.24) is 4.98 Å². The third kappa shape index (κ3) is 3.61. The SMILES string of the molecule is CNc1ccc(-c2cncc(Cl)c2N2CCC(N)(C(N)=O)CC2)cc1C=N. The molecule has 8 heteroatoms. The molecule has 142 valence electrons. The first-order valence-corrected chi connectivity index (χ1v) is 9.07. The lowest BCUT2D eigenvalue weighted by atomic mass is 9.87. The number of nitrogens with one attached hydrogen (secondary N) is 2. The molecule has 6 N–H and O–H groups in total. The average molecular weight is 387 g/mol. The Bertz CT molecular complexity index is 876. The van der Waals surface area contributed by atoms with E-state index >= 15 is 0 Å². The topological polar surface area (TPSA) is 121 Å². The average Bonchev–Trinajstić information content (AvgIpc) is 2.68. The molecule has 1 aromatic carbocycles. The third-order valence-electron chi connectivity index (χ3n) is 5.12. The number of piperidine rings is 1. The number of nitrogens with two attached hydrogens (primary N) is 2. The number of halogens is 1. The van der Waals surface area contributed by atoms with Crippen LogP contribution in [0.3, 0.4) is 0 Å². The van der Waals surface area contributed by atoms with Crippen molar-refractivity contribution in [1.29, 1.82) is 5.41 Å². The van der Waals surface area contributed by atoms with Gasteiger partial charge in [0.05, 0.1) is 16.2 Å². The number of carbonyl (C=O) groups is 1. The molecule has 0 atom stereocenters. The maximum Gasteiger partial charge on any atom is 0.237 e. The Labute approximate surface area is 163 Å². The van der Waals surface area contributed by atoms with E-state index in [0.717, 1.165) is 28.1 Å². The van der Waals surface area contributed by atoms with E-state index < -0.39 is 11.4 Å². The van der Waals surface area contributed by atoms with Gasteiger partial charge in [-0.3, -0.25) is 9.78 Å². The highest BCUT2D eigenvalue weighted by Gasteiger charge is 2.37. The van der Waals surface area contributed by atoms with E-state index in [0.29, 0.717) is 31.0 Å². The third-order valence-corrected chi connectivity index (χ3v) is 5.40. The first kappa shape index (κ1) is 19.1. The highest BCUT2D eigenvalue weighted by atomic mass is 35.5. The van der Waals surface area contributed by atoms with Gasteiger partial charge in [-0.25, -0.2) is 0 Å². The number of carbonyl (C=O) groups excluding carboxylic acids is 1. The van der Waals surface area contributed by atoms with Gasteiger partial charge in [0, 0.05) is 55.6 Å². The molecule has 0 bridgehead atoms. The summed E-state index contributed by atoms with van der Waals surface area (Å²) in [5.41, 5.74) is 14.9. The van der Waals surface area contributed by atoms with Gasteiger partial charge in [0.15, 0.2) is 0 Å². The van der Waals surface area contributed by atoms with E-state index in [1.165, 1.54) is 6.21 Å². The summed E-state index contributed by atoms with van der Waals surface area (Å²) in [7, 11) is 1.82. The number of anilines is 2. The molecule has 1 aliphatic rings. The standard InChI is InChI=1S/C19H23ClN6O/c1-24-16-3-2-12(8-13(16)9-21)14-10-25-11-15(20)17(14)26-6-4-19(23,5-7-26)18(22)27/h2-3,8-11,21,24H,4-7,23H2,1H3,(H2,22,27). The minimum atomic E-state index is -0.974. The normalized spacial score (nSPS) is 16.0. The van der Waals surface area contributed by atoms with Crippen LogP contribution in [-0.2, 0) is 4.79 Å². The van der Waals surface area contributed by atoms with Gasteiger partial charge >= 0.3 is 0 Å². The molecule has 2 heterocycles. The lowest BCUT2D eigenvalue weighted by molar-refractivity contribution is -0.123. The van der Waals surface area contributed by atoms with Crippen LogP contribution in [0.4, 0.5) is 11.4 Å². The quantitative estimate of drug-likeness (QED) is 0.587. The Morgan fingerprint density at radius 2 is 2.07 bits per heavy atom. The summed E-state index contributed by atoms with van der Waals surface area (Å²) in [6.07, 6.45) is 5.61. The van der Waals surface area contributed by atoms with Gasteiger partial charge in [0.25, 0.3) is 0 Å². The molecule has 2 aromatic rings. The van der Waals surface area contributed by atoms with Gasteiger partial charge < -0.3 is 27.1 Å². The Morgan fingerprint density at radius 1 is 1.37 bits per heavy atom. The van der Waals surface area contributed by atoms with E-state index in [1.807, 2.05) is 25.2 Å². The van der Waals surface area contributed by atoms with Crippen molar-refractivity contribution in [3.05, 3.63) is 41.2 Å². The van der Waals surface area contributed by atoms with Gasteiger partial charge in [-0.1, -0.05) is 17.7 Å². The molecule has 0 saturated carbocycles. The second kappa shape index (κ2) is 7.54. The molecular weight excluding hydrogens is 364 g/mol. The fraction of sp³-hybridized carbons (Fsp3) is 0.316. The number of amides is 1. The Balaban J connectivity index is 1.99. The van der Waals surface area contributed by atoms with Crippen LogP contribution in [0, 0.1) is 5.41 Å². The van der Waals surface area contributed by atoms with E-state index in [2.05, 4.69) is 15.2 Å². The predicted molar refractivity (Wildman–Crippen MR) is 110 cm³/mol. The molecular formula is C19H23ClN6O. The van der Waals surface area contributed by atoms with Crippen molar-refractivity contribution in [2.75, 3.05) is 30.4 Å². The van der Waals surface area contributed by atoms with Gasteiger partial charge in [-0.15, -0.1) is 0 Å². The van der Waals surface area contributed by atoms with Crippen LogP contribution >= 0.6 is 11.6 Å². The zero-order chi connectivity index (χ0) is 19.6. The Hall–Kier alpha value is -2.64. The first-order valence-electron chi connectivity index (χ1n) is 8.69. The van der Waals surface area contributed by atoms with Crippen molar-refractivity contribution in [2.24, 2.45) is 11.5 Å². The maximum absolute atomic E-state index is 11.6. The largest absolute Gasteiger partial charge is 0.388 e. The van der Waals surface area contributed by atoms with Crippen molar-refractivity contribution >= 4 is 35.1 Å². The number of rotatable bonds is 5. The molecule has 0 unspecified atom stereocenters. The van der Waals surface area contributed by atoms with Crippen LogP contribution in [-0.4, -0.2) is 42.8 Å². The monoisotopic (exact) mass is 386 g/mol. The van der Waals surface area contributed by atoms with Gasteiger partial charge in [-0.05, 0) is 30.5 Å². The van der Waals surface area contributed by atoms with Gasteiger partial charge in [0.2, 0.25) is 5.91 Å². The Kier molecular flexibility index (Phi) is 5.34. The van der Waals surface area contributed by atoms with Crippen molar-refractivity contribution in [3.8, 4) is 11.1 Å². The fourth-order valence-corrected chi connectivity index (χ4v) is 3.69. The minimum absolute atomic E-state index is 0.463. The minimum Gasteiger partial charge on any atom is -0.388 e. The van der Waals surface area contributed by atoms with Gasteiger partial charge in [0.1, 0.15) is 0 Å². The number of pyridine rings is 1. The van der Waals surface area contributed by atoms with Gasteiger partial charge in [-0.2, -0.15) is 0 Å². The number of hydrogen-bond donors (Lipinski definition) is 4. The van der Waals surface area contributed by atoms with E-state index in [9.17, 15) is 4.79 Å². The molecule has 1 saturated heterocycles. The Morgan fingerprint density at radius 3 is 2.67 bits per heavy atom. The molecule has 1 aliphatic heterocycles.